The number of hydrogen-bond donors (Lipinski definition) is 0. The molecule has 0 aliphatic carbocycles. The number of carbonyl (C=O) groups is 2. The molecule has 5 nitrogen and oxygen atoms in total. The lowest BCUT2D eigenvalue weighted by Crippen LogP contribution is -2.35. The van der Waals surface area contributed by atoms with Crippen LogP contribution >= 0.6 is 0 Å². The normalized spacial score (nSPS) is 12.8. The molecule has 0 aliphatic rings. The van der Waals surface area contributed by atoms with Crippen LogP contribution in [0.2, 0.25) is 0 Å². The maximum absolute atomic E-state index is 13.0. The van der Waals surface area contributed by atoms with E-state index in [4.69, 9.17) is 4.74 Å². The van der Waals surface area contributed by atoms with Crippen molar-refractivity contribution in [2.24, 2.45) is 0 Å². The zero-order chi connectivity index (χ0) is 18.1. The van der Waals surface area contributed by atoms with Crippen molar-refractivity contribution in [2.75, 3.05) is 20.7 Å². The number of nitrogens with zero attached hydrogens (tertiary/aromatic N) is 2. The third-order valence-electron chi connectivity index (χ3n) is 4.68. The second-order valence-electron chi connectivity index (χ2n) is 6.29. The van der Waals surface area contributed by atoms with E-state index in [-0.39, 0.29) is 24.3 Å². The number of aromatic nitrogens is 1. The van der Waals surface area contributed by atoms with Gasteiger partial charge in [-0.15, -0.1) is 0 Å². The summed E-state index contributed by atoms with van der Waals surface area (Å²) in [6.45, 7) is 3.71. The largest absolute Gasteiger partial charge is 0.367 e. The fourth-order valence-corrected chi connectivity index (χ4v) is 3.06. The van der Waals surface area contributed by atoms with Gasteiger partial charge in [0.2, 0.25) is 0 Å². The van der Waals surface area contributed by atoms with Gasteiger partial charge in [0.25, 0.3) is 0 Å². The quantitative estimate of drug-likeness (QED) is 0.510. The van der Waals surface area contributed by atoms with Crippen LogP contribution in [0.25, 0.3) is 16.4 Å². The SMILES string of the molecule is COC(C)N(C)CC(=O)c1c2ccc(C(C)=O)cc2n2ccccc12. The monoisotopic (exact) mass is 338 g/mol. The van der Waals surface area contributed by atoms with Crippen LogP contribution in [0.3, 0.4) is 0 Å². The van der Waals surface area contributed by atoms with Crippen LogP contribution in [-0.2, 0) is 4.74 Å². The Morgan fingerprint density at radius 3 is 2.64 bits per heavy atom. The van der Waals surface area contributed by atoms with E-state index in [1.54, 1.807) is 20.1 Å². The van der Waals surface area contributed by atoms with Crippen LogP contribution in [0.1, 0.15) is 34.6 Å². The van der Waals surface area contributed by atoms with Crippen molar-refractivity contribution >= 4 is 28.0 Å². The number of methoxy groups -OCH3 is 1. The van der Waals surface area contributed by atoms with Crippen molar-refractivity contribution in [3.8, 4) is 0 Å². The number of Topliss-reactive ketones (excluding diaryl/α,β-unsaturated/α-hetero) is 2. The zero-order valence-electron chi connectivity index (χ0n) is 14.9. The van der Waals surface area contributed by atoms with Gasteiger partial charge in [-0.05, 0) is 39.1 Å². The highest BCUT2D eigenvalue weighted by atomic mass is 16.5. The molecule has 0 spiro atoms. The molecule has 0 N–H and O–H groups in total. The van der Waals surface area contributed by atoms with Crippen molar-refractivity contribution in [3.63, 3.8) is 0 Å². The fraction of sp³-hybridized carbons (Fsp3) is 0.300. The minimum atomic E-state index is -0.145. The Labute approximate surface area is 146 Å². The molecular formula is C20H22N2O3. The predicted molar refractivity (Wildman–Crippen MR) is 98.3 cm³/mol. The molecule has 1 unspecified atom stereocenters. The van der Waals surface area contributed by atoms with Crippen molar-refractivity contribution in [1.29, 1.82) is 0 Å². The predicted octanol–water partition coefficient (Wildman–Crippen LogP) is 3.40. The Bertz CT molecular complexity index is 958. The molecule has 1 atom stereocenters. The van der Waals surface area contributed by atoms with Crippen LogP contribution in [0.4, 0.5) is 0 Å². The van der Waals surface area contributed by atoms with Gasteiger partial charge in [0.15, 0.2) is 11.6 Å². The lowest BCUT2D eigenvalue weighted by atomic mass is 10.0. The molecule has 2 aromatic heterocycles. The summed E-state index contributed by atoms with van der Waals surface area (Å²) in [5.74, 6) is 0.0370. The zero-order valence-corrected chi connectivity index (χ0v) is 14.9. The van der Waals surface area contributed by atoms with Gasteiger partial charge in [0, 0.05) is 24.3 Å². The summed E-state index contributed by atoms with van der Waals surface area (Å²) in [5, 5.41) is 0.861. The summed E-state index contributed by atoms with van der Waals surface area (Å²) in [6.07, 6.45) is 1.77. The first-order valence-corrected chi connectivity index (χ1v) is 8.24. The molecule has 0 saturated carbocycles. The number of hydrogen-bond acceptors (Lipinski definition) is 4. The van der Waals surface area contributed by atoms with Crippen LogP contribution in [0, 0.1) is 0 Å². The van der Waals surface area contributed by atoms with Crippen LogP contribution in [0.15, 0.2) is 42.6 Å². The minimum absolute atomic E-state index is 0.00862. The first-order chi connectivity index (χ1) is 11.9. The number of pyridine rings is 1. The molecule has 130 valence electrons. The molecule has 0 saturated heterocycles. The van der Waals surface area contributed by atoms with Crippen molar-refractivity contribution < 1.29 is 14.3 Å². The molecule has 0 fully saturated rings. The molecule has 1 aromatic carbocycles. The van der Waals surface area contributed by atoms with E-state index in [0.717, 1.165) is 16.4 Å². The third kappa shape index (κ3) is 3.08. The van der Waals surface area contributed by atoms with Crippen LogP contribution in [0.5, 0.6) is 0 Å². The van der Waals surface area contributed by atoms with Crippen LogP contribution < -0.4 is 0 Å². The van der Waals surface area contributed by atoms with E-state index >= 15 is 0 Å². The maximum Gasteiger partial charge on any atom is 0.179 e. The molecule has 3 aromatic rings. The van der Waals surface area contributed by atoms with Gasteiger partial charge >= 0.3 is 0 Å². The van der Waals surface area contributed by atoms with E-state index in [1.807, 2.05) is 59.8 Å². The van der Waals surface area contributed by atoms with E-state index < -0.39 is 0 Å². The standard InChI is InChI=1S/C20H22N2O3/c1-13(23)15-8-9-16-18(11-15)22-10-6-5-7-17(22)20(16)19(24)12-21(3)14(2)25-4/h5-11,14H,12H2,1-4H3. The number of ether oxygens (including phenoxy) is 1. The summed E-state index contributed by atoms with van der Waals surface area (Å²) in [4.78, 5) is 26.6. The Balaban J connectivity index is 2.16. The topological polar surface area (TPSA) is 51.0 Å². The summed E-state index contributed by atoms with van der Waals surface area (Å²) < 4.78 is 7.25. The number of ketones is 2. The average Bonchev–Trinajstić information content (AvgIpc) is 2.94. The molecule has 0 aliphatic heterocycles. The summed E-state index contributed by atoms with van der Waals surface area (Å²) in [7, 11) is 3.48. The molecule has 2 heterocycles. The number of rotatable bonds is 6. The summed E-state index contributed by atoms with van der Waals surface area (Å²) in [5.41, 5.74) is 3.04. The smallest absolute Gasteiger partial charge is 0.179 e. The Kier molecular flexibility index (Phi) is 4.70. The van der Waals surface area contributed by atoms with Crippen LogP contribution in [-0.4, -0.2) is 47.8 Å². The Hall–Kier alpha value is -2.50. The molecule has 0 bridgehead atoms. The van der Waals surface area contributed by atoms with Gasteiger partial charge in [0.1, 0.15) is 6.23 Å². The number of fused-ring (bicyclic) bond motifs is 3. The lowest BCUT2D eigenvalue weighted by molar-refractivity contribution is -0.000762. The first kappa shape index (κ1) is 17.3. The highest BCUT2D eigenvalue weighted by Gasteiger charge is 2.21. The highest BCUT2D eigenvalue weighted by Crippen LogP contribution is 2.28. The second kappa shape index (κ2) is 6.78. The van der Waals surface area contributed by atoms with Crippen molar-refractivity contribution in [1.82, 2.24) is 9.30 Å². The molecule has 5 heteroatoms. The van der Waals surface area contributed by atoms with E-state index in [9.17, 15) is 9.59 Å². The third-order valence-corrected chi connectivity index (χ3v) is 4.68. The summed E-state index contributed by atoms with van der Waals surface area (Å²) >= 11 is 0. The Morgan fingerprint density at radius 2 is 1.96 bits per heavy atom. The van der Waals surface area contributed by atoms with E-state index in [2.05, 4.69) is 0 Å². The number of carbonyl (C=O) groups excluding carboxylic acids is 2. The van der Waals surface area contributed by atoms with Gasteiger partial charge in [-0.3, -0.25) is 14.5 Å². The van der Waals surface area contributed by atoms with Gasteiger partial charge < -0.3 is 9.14 Å². The lowest BCUT2D eigenvalue weighted by Gasteiger charge is -2.22. The summed E-state index contributed by atoms with van der Waals surface area (Å²) in [6, 6.07) is 11.3. The van der Waals surface area contributed by atoms with Gasteiger partial charge in [-0.25, -0.2) is 0 Å². The van der Waals surface area contributed by atoms with Crippen molar-refractivity contribution in [3.05, 3.63) is 53.7 Å². The van der Waals surface area contributed by atoms with Gasteiger partial charge in [0.05, 0.1) is 23.1 Å². The molecule has 3 rings (SSSR count). The Morgan fingerprint density at radius 1 is 1.20 bits per heavy atom. The molecular weight excluding hydrogens is 316 g/mol. The van der Waals surface area contributed by atoms with Crippen molar-refractivity contribution in [2.45, 2.75) is 20.1 Å². The molecule has 0 radical (unpaired) electrons. The highest BCUT2D eigenvalue weighted by molar-refractivity contribution is 6.16. The second-order valence-corrected chi connectivity index (χ2v) is 6.29. The maximum atomic E-state index is 13.0. The van der Waals surface area contributed by atoms with Gasteiger partial charge in [-0.1, -0.05) is 18.2 Å². The minimum Gasteiger partial charge on any atom is -0.367 e. The molecule has 0 amide bonds. The number of likely N-dealkylation sites (N-methyl/N-ethyl adjacent to an activating group) is 1. The number of benzene rings is 1. The fourth-order valence-electron chi connectivity index (χ4n) is 3.06. The first-order valence-electron chi connectivity index (χ1n) is 8.24. The van der Waals surface area contributed by atoms with Gasteiger partial charge in [-0.2, -0.15) is 0 Å². The molecule has 25 heavy (non-hydrogen) atoms. The van der Waals surface area contributed by atoms with E-state index in [1.165, 1.54) is 0 Å². The average molecular weight is 338 g/mol. The van der Waals surface area contributed by atoms with E-state index in [0.29, 0.717) is 11.1 Å².